The van der Waals surface area contributed by atoms with Gasteiger partial charge in [-0.15, -0.1) is 0 Å². The summed E-state index contributed by atoms with van der Waals surface area (Å²) < 4.78 is 39.3. The molecule has 2 aliphatic rings. The molecule has 1 atom stereocenters. The van der Waals surface area contributed by atoms with E-state index in [-0.39, 0.29) is 23.9 Å². The number of nitrogens with zero attached hydrogens (tertiary/aromatic N) is 5. The van der Waals surface area contributed by atoms with E-state index in [1.165, 1.54) is 10.9 Å². The molecule has 0 aromatic carbocycles. The summed E-state index contributed by atoms with van der Waals surface area (Å²) in [5, 5.41) is 9.81. The molecule has 2 aromatic rings. The van der Waals surface area contributed by atoms with Gasteiger partial charge in [-0.2, -0.15) is 23.3 Å². The minimum absolute atomic E-state index is 0.0611. The molecule has 3 heterocycles. The number of nitrogens with one attached hydrogen (secondary N) is 2. The van der Waals surface area contributed by atoms with Crippen molar-refractivity contribution in [1.82, 2.24) is 19.7 Å². The molecule has 2 aromatic heterocycles. The number of anilines is 3. The van der Waals surface area contributed by atoms with Crippen LogP contribution in [0.3, 0.4) is 0 Å². The zero-order valence-corrected chi connectivity index (χ0v) is 17.0. The number of halogens is 3. The van der Waals surface area contributed by atoms with Crippen molar-refractivity contribution in [1.29, 1.82) is 0 Å². The number of hydrogen-bond acceptors (Lipinski definition) is 6. The monoisotopic (exact) mass is 423 g/mol. The second-order valence-electron chi connectivity index (χ2n) is 7.95. The van der Waals surface area contributed by atoms with Crippen LogP contribution in [0.4, 0.5) is 30.6 Å². The van der Waals surface area contributed by atoms with Gasteiger partial charge in [0.2, 0.25) is 11.9 Å². The Bertz CT molecular complexity index is 952. The van der Waals surface area contributed by atoms with Crippen molar-refractivity contribution in [3.8, 4) is 0 Å². The lowest BCUT2D eigenvalue weighted by atomic mass is 9.80. The first-order valence-electron chi connectivity index (χ1n) is 9.95. The first-order chi connectivity index (χ1) is 14.2. The molecule has 11 heteroatoms. The Balaban J connectivity index is 1.38. The summed E-state index contributed by atoms with van der Waals surface area (Å²) >= 11 is 0. The van der Waals surface area contributed by atoms with E-state index in [1.807, 2.05) is 25.8 Å². The summed E-state index contributed by atoms with van der Waals surface area (Å²) in [7, 11) is 1.85. The van der Waals surface area contributed by atoms with Crippen molar-refractivity contribution in [3.05, 3.63) is 23.7 Å². The standard InChI is InChI=1S/C19H24F3N7O/c1-4-13-17(30)25-15-10(2)23-18(26-16(15)28(13)3)24-12-7-11(8-12)9-29-6-5-14(27-29)19(20,21)22/h5-6,11-13H,4,7-9H2,1-3H3,(H,25,30)(H,23,24,26)/t11?,12?,13-/m0/s1. The maximum Gasteiger partial charge on any atom is 0.435 e. The molecule has 0 bridgehead atoms. The molecular formula is C19H24F3N7O. The third-order valence-corrected chi connectivity index (χ3v) is 5.76. The topological polar surface area (TPSA) is 88.0 Å². The molecular weight excluding hydrogens is 399 g/mol. The number of amides is 1. The highest BCUT2D eigenvalue weighted by molar-refractivity contribution is 6.03. The van der Waals surface area contributed by atoms with Crippen LogP contribution in [-0.2, 0) is 17.5 Å². The number of fused-ring (bicyclic) bond motifs is 1. The molecule has 0 radical (unpaired) electrons. The van der Waals surface area contributed by atoms with Gasteiger partial charge in [0.15, 0.2) is 11.5 Å². The largest absolute Gasteiger partial charge is 0.435 e. The van der Waals surface area contributed by atoms with E-state index in [0.717, 1.165) is 18.9 Å². The van der Waals surface area contributed by atoms with E-state index in [0.29, 0.717) is 36.1 Å². The second-order valence-corrected chi connectivity index (χ2v) is 7.95. The van der Waals surface area contributed by atoms with Gasteiger partial charge in [0.1, 0.15) is 11.7 Å². The van der Waals surface area contributed by atoms with Crippen LogP contribution < -0.4 is 15.5 Å². The van der Waals surface area contributed by atoms with Gasteiger partial charge in [-0.1, -0.05) is 6.92 Å². The molecule has 30 heavy (non-hydrogen) atoms. The fraction of sp³-hybridized carbons (Fsp3) is 0.579. The number of likely N-dealkylation sites (N-methyl/N-ethyl adjacent to an activating group) is 1. The van der Waals surface area contributed by atoms with Crippen LogP contribution in [0.15, 0.2) is 12.3 Å². The van der Waals surface area contributed by atoms with E-state index in [9.17, 15) is 18.0 Å². The number of aromatic nitrogens is 4. The number of carbonyl (C=O) groups excluding carboxylic acids is 1. The predicted molar refractivity (Wildman–Crippen MR) is 105 cm³/mol. The van der Waals surface area contributed by atoms with E-state index < -0.39 is 11.9 Å². The van der Waals surface area contributed by atoms with Gasteiger partial charge in [0.25, 0.3) is 0 Å². The Morgan fingerprint density at radius 1 is 1.30 bits per heavy atom. The van der Waals surface area contributed by atoms with Crippen LogP contribution in [0.25, 0.3) is 0 Å². The summed E-state index contributed by atoms with van der Waals surface area (Å²) in [6, 6.07) is 0.871. The molecule has 162 valence electrons. The van der Waals surface area contributed by atoms with Crippen LogP contribution >= 0.6 is 0 Å². The Morgan fingerprint density at radius 3 is 2.67 bits per heavy atom. The number of rotatable bonds is 5. The molecule has 1 aliphatic carbocycles. The molecule has 0 unspecified atom stereocenters. The first-order valence-corrected chi connectivity index (χ1v) is 9.95. The maximum absolute atomic E-state index is 12.7. The number of carbonyl (C=O) groups is 1. The molecule has 2 N–H and O–H groups in total. The molecule has 0 spiro atoms. The number of hydrogen-bond donors (Lipinski definition) is 2. The Kier molecular flexibility index (Phi) is 5.07. The van der Waals surface area contributed by atoms with Crippen LogP contribution in [0.1, 0.15) is 37.6 Å². The molecule has 1 fully saturated rings. The van der Waals surface area contributed by atoms with Gasteiger partial charge in [0, 0.05) is 25.8 Å². The third kappa shape index (κ3) is 3.80. The van der Waals surface area contributed by atoms with Crippen LogP contribution in [-0.4, -0.2) is 44.8 Å². The van der Waals surface area contributed by atoms with Crippen molar-refractivity contribution >= 4 is 23.4 Å². The zero-order valence-electron chi connectivity index (χ0n) is 17.0. The van der Waals surface area contributed by atoms with Crippen LogP contribution in [0, 0.1) is 12.8 Å². The Labute approximate surface area is 171 Å². The molecule has 1 amide bonds. The smallest absolute Gasteiger partial charge is 0.351 e. The summed E-state index contributed by atoms with van der Waals surface area (Å²) in [6.45, 7) is 4.22. The SMILES string of the molecule is CC[C@H]1C(=O)Nc2c(C)nc(NC3CC(Cn4ccc(C(F)(F)F)n4)C3)nc2N1C. The minimum atomic E-state index is -4.42. The maximum atomic E-state index is 12.7. The summed E-state index contributed by atoms with van der Waals surface area (Å²) in [5.74, 6) is 1.36. The highest BCUT2D eigenvalue weighted by Crippen LogP contribution is 2.35. The fourth-order valence-corrected chi connectivity index (χ4v) is 4.08. The van der Waals surface area contributed by atoms with Gasteiger partial charge in [-0.3, -0.25) is 9.48 Å². The van der Waals surface area contributed by atoms with Gasteiger partial charge in [-0.25, -0.2) is 4.98 Å². The van der Waals surface area contributed by atoms with Gasteiger partial charge in [-0.05, 0) is 38.2 Å². The first kappa shape index (κ1) is 20.4. The molecule has 8 nitrogen and oxygen atoms in total. The average molecular weight is 423 g/mol. The minimum Gasteiger partial charge on any atom is -0.351 e. The van der Waals surface area contributed by atoms with E-state index in [2.05, 4.69) is 25.7 Å². The molecule has 4 rings (SSSR count). The van der Waals surface area contributed by atoms with Gasteiger partial charge < -0.3 is 15.5 Å². The van der Waals surface area contributed by atoms with Crippen LogP contribution in [0.5, 0.6) is 0 Å². The van der Waals surface area contributed by atoms with Crippen molar-refractivity contribution in [2.24, 2.45) is 5.92 Å². The summed E-state index contributed by atoms with van der Waals surface area (Å²) in [5.41, 5.74) is 0.448. The lowest BCUT2D eigenvalue weighted by Gasteiger charge is -2.37. The predicted octanol–water partition coefficient (Wildman–Crippen LogP) is 3.06. The molecule has 0 saturated heterocycles. The Hall–Kier alpha value is -2.85. The number of alkyl halides is 3. The summed E-state index contributed by atoms with van der Waals surface area (Å²) in [6.07, 6.45) is -0.787. The highest BCUT2D eigenvalue weighted by Gasteiger charge is 2.36. The number of aryl methyl sites for hydroxylation is 1. The summed E-state index contributed by atoms with van der Waals surface area (Å²) in [4.78, 5) is 23.1. The lowest BCUT2D eigenvalue weighted by Crippen LogP contribution is -2.46. The van der Waals surface area contributed by atoms with Crippen molar-refractivity contribution in [3.63, 3.8) is 0 Å². The van der Waals surface area contributed by atoms with Gasteiger partial charge >= 0.3 is 6.18 Å². The molecule has 1 aliphatic heterocycles. The quantitative estimate of drug-likeness (QED) is 0.769. The van der Waals surface area contributed by atoms with Crippen molar-refractivity contribution < 1.29 is 18.0 Å². The van der Waals surface area contributed by atoms with Crippen molar-refractivity contribution in [2.45, 2.75) is 57.9 Å². The van der Waals surface area contributed by atoms with Crippen molar-refractivity contribution in [2.75, 3.05) is 22.6 Å². The lowest BCUT2D eigenvalue weighted by molar-refractivity contribution is -0.141. The third-order valence-electron chi connectivity index (χ3n) is 5.76. The van der Waals surface area contributed by atoms with Gasteiger partial charge in [0.05, 0.1) is 5.69 Å². The van der Waals surface area contributed by atoms with E-state index >= 15 is 0 Å². The zero-order chi connectivity index (χ0) is 21.6. The van der Waals surface area contributed by atoms with Crippen LogP contribution in [0.2, 0.25) is 0 Å². The Morgan fingerprint density at radius 2 is 2.03 bits per heavy atom. The second kappa shape index (κ2) is 7.44. The van der Waals surface area contributed by atoms with E-state index in [1.54, 1.807) is 0 Å². The fourth-order valence-electron chi connectivity index (χ4n) is 4.08. The average Bonchev–Trinajstić information content (AvgIpc) is 3.10. The highest BCUT2D eigenvalue weighted by atomic mass is 19.4. The normalized spacial score (nSPS) is 23.6. The molecule has 1 saturated carbocycles. The van der Waals surface area contributed by atoms with E-state index in [4.69, 9.17) is 0 Å².